The summed E-state index contributed by atoms with van der Waals surface area (Å²) in [4.78, 5) is 12.8. The molecule has 146 valence electrons. The molecule has 3 aromatic carbocycles. The van der Waals surface area contributed by atoms with Gasteiger partial charge in [0, 0.05) is 11.3 Å². The number of hydrogen-bond donors (Lipinski definition) is 1. The number of nitrogens with zero attached hydrogens (tertiary/aromatic N) is 1. The zero-order valence-electron chi connectivity index (χ0n) is 17.0. The molecule has 4 heteroatoms. The first kappa shape index (κ1) is 20.2. The van der Waals surface area contributed by atoms with Gasteiger partial charge in [-0.25, -0.2) is 0 Å². The number of nitriles is 1. The highest BCUT2D eigenvalue weighted by Gasteiger charge is 2.14. The quantitative estimate of drug-likeness (QED) is 0.432. The highest BCUT2D eigenvalue weighted by Crippen LogP contribution is 2.30. The van der Waals surface area contributed by atoms with Gasteiger partial charge < -0.3 is 10.1 Å². The third-order valence-electron chi connectivity index (χ3n) is 4.68. The maximum atomic E-state index is 12.8. The molecule has 0 aliphatic rings. The largest absolute Gasteiger partial charge is 0.493 e. The van der Waals surface area contributed by atoms with E-state index in [4.69, 9.17) is 4.74 Å². The molecule has 3 rings (SSSR count). The van der Waals surface area contributed by atoms with Crippen LogP contribution in [0.4, 0.5) is 5.69 Å². The van der Waals surface area contributed by atoms with E-state index in [2.05, 4.69) is 5.32 Å². The van der Waals surface area contributed by atoms with Gasteiger partial charge in [0.25, 0.3) is 5.91 Å². The number of aryl methyl sites for hydroxylation is 2. The Balaban J connectivity index is 2.02. The molecule has 29 heavy (non-hydrogen) atoms. The van der Waals surface area contributed by atoms with Gasteiger partial charge in [-0.15, -0.1) is 0 Å². The molecule has 1 amide bonds. The van der Waals surface area contributed by atoms with Crippen LogP contribution in [0.25, 0.3) is 16.8 Å². The van der Waals surface area contributed by atoms with Crippen molar-refractivity contribution in [2.24, 2.45) is 0 Å². The van der Waals surface area contributed by atoms with Gasteiger partial charge >= 0.3 is 0 Å². The lowest BCUT2D eigenvalue weighted by Gasteiger charge is -2.12. The van der Waals surface area contributed by atoms with E-state index >= 15 is 0 Å². The summed E-state index contributed by atoms with van der Waals surface area (Å²) in [6.45, 7) is 6.53. The molecule has 0 saturated carbocycles. The molecular weight excluding hydrogens is 360 g/mol. The van der Waals surface area contributed by atoms with E-state index < -0.39 is 5.91 Å². The van der Waals surface area contributed by atoms with Crippen molar-refractivity contribution in [2.45, 2.75) is 27.2 Å². The highest BCUT2D eigenvalue weighted by atomic mass is 16.5. The van der Waals surface area contributed by atoms with Gasteiger partial charge in [-0.2, -0.15) is 5.26 Å². The third kappa shape index (κ3) is 4.64. The Bertz CT molecular complexity index is 1120. The molecule has 0 saturated heterocycles. The first-order valence-electron chi connectivity index (χ1n) is 9.68. The number of anilines is 1. The molecule has 0 spiro atoms. The smallest absolute Gasteiger partial charge is 0.266 e. The molecular formula is C25H24N2O2. The van der Waals surface area contributed by atoms with Crippen LogP contribution < -0.4 is 10.1 Å². The van der Waals surface area contributed by atoms with Crippen LogP contribution in [0.15, 0.2) is 60.2 Å². The molecule has 0 heterocycles. The topological polar surface area (TPSA) is 62.1 Å². The van der Waals surface area contributed by atoms with Gasteiger partial charge in [-0.1, -0.05) is 55.0 Å². The molecule has 1 N–H and O–H groups in total. The SMILES string of the molecule is CCCOc1ccc2ccccc2c1/C=C(\C#N)C(=O)Nc1ccc(C)cc1C. The van der Waals surface area contributed by atoms with E-state index in [0.29, 0.717) is 18.0 Å². The molecule has 3 aromatic rings. The minimum Gasteiger partial charge on any atom is -0.493 e. The summed E-state index contributed by atoms with van der Waals surface area (Å²) in [6, 6.07) is 19.6. The first-order valence-corrected chi connectivity index (χ1v) is 9.68. The molecule has 0 unspecified atom stereocenters. The van der Waals surface area contributed by atoms with Crippen molar-refractivity contribution >= 4 is 28.4 Å². The van der Waals surface area contributed by atoms with E-state index in [0.717, 1.165) is 33.9 Å². The average Bonchev–Trinajstić information content (AvgIpc) is 2.72. The zero-order valence-corrected chi connectivity index (χ0v) is 17.0. The van der Waals surface area contributed by atoms with Crippen LogP contribution in [0.2, 0.25) is 0 Å². The molecule has 0 fully saturated rings. The summed E-state index contributed by atoms with van der Waals surface area (Å²) >= 11 is 0. The number of carbonyl (C=O) groups is 1. The molecule has 0 radical (unpaired) electrons. The maximum absolute atomic E-state index is 12.8. The van der Waals surface area contributed by atoms with Gasteiger partial charge in [0.15, 0.2) is 0 Å². The first-order chi connectivity index (χ1) is 14.0. The van der Waals surface area contributed by atoms with Crippen molar-refractivity contribution in [2.75, 3.05) is 11.9 Å². The van der Waals surface area contributed by atoms with Crippen LogP contribution in [-0.4, -0.2) is 12.5 Å². The second-order valence-corrected chi connectivity index (χ2v) is 6.99. The summed E-state index contributed by atoms with van der Waals surface area (Å²) in [5.41, 5.74) is 3.53. The van der Waals surface area contributed by atoms with Crippen molar-refractivity contribution < 1.29 is 9.53 Å². The summed E-state index contributed by atoms with van der Waals surface area (Å²) in [5, 5.41) is 14.5. The summed E-state index contributed by atoms with van der Waals surface area (Å²) in [7, 11) is 0. The second kappa shape index (κ2) is 9.07. The van der Waals surface area contributed by atoms with Crippen LogP contribution in [-0.2, 0) is 4.79 Å². The number of fused-ring (bicyclic) bond motifs is 1. The molecule has 0 bridgehead atoms. The van der Waals surface area contributed by atoms with Gasteiger partial charge in [-0.3, -0.25) is 4.79 Å². The average molecular weight is 384 g/mol. The number of ether oxygens (including phenoxy) is 1. The van der Waals surface area contributed by atoms with E-state index in [1.807, 2.05) is 81.4 Å². The Morgan fingerprint density at radius 3 is 2.66 bits per heavy atom. The predicted octanol–water partition coefficient (Wildman–Crippen LogP) is 5.79. The third-order valence-corrected chi connectivity index (χ3v) is 4.68. The molecule has 0 atom stereocenters. The molecule has 0 aliphatic carbocycles. The fourth-order valence-corrected chi connectivity index (χ4v) is 3.20. The van der Waals surface area contributed by atoms with Gasteiger partial charge in [-0.05, 0) is 54.8 Å². The lowest BCUT2D eigenvalue weighted by molar-refractivity contribution is -0.112. The Hall–Kier alpha value is -3.58. The Morgan fingerprint density at radius 1 is 1.14 bits per heavy atom. The van der Waals surface area contributed by atoms with E-state index in [-0.39, 0.29) is 5.57 Å². The lowest BCUT2D eigenvalue weighted by Crippen LogP contribution is -2.14. The van der Waals surface area contributed by atoms with Crippen molar-refractivity contribution in [1.29, 1.82) is 5.26 Å². The maximum Gasteiger partial charge on any atom is 0.266 e. The molecule has 0 aromatic heterocycles. The second-order valence-electron chi connectivity index (χ2n) is 6.99. The van der Waals surface area contributed by atoms with E-state index in [1.54, 1.807) is 6.08 Å². The Kier molecular flexibility index (Phi) is 6.31. The van der Waals surface area contributed by atoms with Crippen LogP contribution in [0, 0.1) is 25.2 Å². The van der Waals surface area contributed by atoms with Crippen LogP contribution in [0.3, 0.4) is 0 Å². The fraction of sp³-hybridized carbons (Fsp3) is 0.200. The number of hydrogen-bond acceptors (Lipinski definition) is 3. The molecule has 0 aliphatic heterocycles. The Morgan fingerprint density at radius 2 is 1.93 bits per heavy atom. The van der Waals surface area contributed by atoms with Crippen LogP contribution >= 0.6 is 0 Å². The number of rotatable bonds is 6. The standard InChI is InChI=1S/C25H24N2O2/c1-4-13-29-24-12-10-19-7-5-6-8-21(19)22(24)15-20(16-26)25(28)27-23-11-9-17(2)14-18(23)3/h5-12,14-15H,4,13H2,1-3H3,(H,27,28)/b20-15+. The minimum absolute atomic E-state index is 0.0303. The minimum atomic E-state index is -0.436. The van der Waals surface area contributed by atoms with Crippen molar-refractivity contribution in [1.82, 2.24) is 0 Å². The van der Waals surface area contributed by atoms with Crippen LogP contribution in [0.5, 0.6) is 5.75 Å². The van der Waals surface area contributed by atoms with Crippen LogP contribution in [0.1, 0.15) is 30.0 Å². The van der Waals surface area contributed by atoms with Gasteiger partial charge in [0.05, 0.1) is 6.61 Å². The predicted molar refractivity (Wildman–Crippen MR) is 118 cm³/mol. The summed E-state index contributed by atoms with van der Waals surface area (Å²) in [6.07, 6.45) is 2.49. The number of benzene rings is 3. The lowest BCUT2D eigenvalue weighted by atomic mass is 10.0. The highest BCUT2D eigenvalue weighted by molar-refractivity contribution is 6.11. The van der Waals surface area contributed by atoms with Crippen molar-refractivity contribution in [3.05, 3.63) is 76.9 Å². The van der Waals surface area contributed by atoms with Gasteiger partial charge in [0.2, 0.25) is 0 Å². The van der Waals surface area contributed by atoms with E-state index in [9.17, 15) is 10.1 Å². The van der Waals surface area contributed by atoms with Gasteiger partial charge in [0.1, 0.15) is 17.4 Å². The number of carbonyl (C=O) groups excluding carboxylic acids is 1. The summed E-state index contributed by atoms with van der Waals surface area (Å²) in [5.74, 6) is 0.228. The zero-order chi connectivity index (χ0) is 20.8. The normalized spacial score (nSPS) is 11.2. The number of amides is 1. The van der Waals surface area contributed by atoms with Crippen molar-refractivity contribution in [3.63, 3.8) is 0 Å². The Labute approximate surface area is 171 Å². The summed E-state index contributed by atoms with van der Waals surface area (Å²) < 4.78 is 5.88. The fourth-order valence-electron chi connectivity index (χ4n) is 3.20. The van der Waals surface area contributed by atoms with Crippen molar-refractivity contribution in [3.8, 4) is 11.8 Å². The monoisotopic (exact) mass is 384 g/mol. The number of nitrogens with one attached hydrogen (secondary N) is 1. The molecule has 4 nitrogen and oxygen atoms in total. The van der Waals surface area contributed by atoms with E-state index in [1.165, 1.54) is 0 Å².